The molecular formula is C17H22N2O3. The largest absolute Gasteiger partial charge is 0.376 e. The minimum Gasteiger partial charge on any atom is -0.376 e. The minimum absolute atomic E-state index is 0.0149. The Kier molecular flexibility index (Phi) is 4.43. The highest BCUT2D eigenvalue weighted by Gasteiger charge is 2.35. The van der Waals surface area contributed by atoms with E-state index in [0.29, 0.717) is 13.1 Å². The molecule has 2 saturated heterocycles. The minimum atomic E-state index is -0.268. The number of amides is 2. The zero-order valence-corrected chi connectivity index (χ0v) is 12.9. The van der Waals surface area contributed by atoms with Gasteiger partial charge in [-0.05, 0) is 31.9 Å². The van der Waals surface area contributed by atoms with Crippen molar-refractivity contribution >= 4 is 17.5 Å². The predicted molar refractivity (Wildman–Crippen MR) is 83.6 cm³/mol. The van der Waals surface area contributed by atoms with Crippen LogP contribution in [-0.2, 0) is 14.3 Å². The number of carbonyl (C=O) groups excluding carboxylic acids is 2. The van der Waals surface area contributed by atoms with Gasteiger partial charge in [-0.3, -0.25) is 9.59 Å². The van der Waals surface area contributed by atoms with Gasteiger partial charge in [0.05, 0.1) is 12.0 Å². The molecule has 0 aromatic heterocycles. The molecule has 1 N–H and O–H groups in total. The Labute approximate surface area is 130 Å². The van der Waals surface area contributed by atoms with E-state index in [0.717, 1.165) is 30.7 Å². The maximum absolute atomic E-state index is 12.2. The summed E-state index contributed by atoms with van der Waals surface area (Å²) in [5.41, 5.74) is 2.02. The third-order valence-electron chi connectivity index (χ3n) is 4.37. The lowest BCUT2D eigenvalue weighted by Gasteiger charge is -2.17. The first-order chi connectivity index (χ1) is 10.6. The van der Waals surface area contributed by atoms with Gasteiger partial charge in [0.2, 0.25) is 11.8 Å². The molecule has 2 aliphatic heterocycles. The molecule has 2 aliphatic rings. The number of benzene rings is 1. The molecule has 2 atom stereocenters. The molecule has 2 amide bonds. The first-order valence-corrected chi connectivity index (χ1v) is 7.90. The van der Waals surface area contributed by atoms with Crippen LogP contribution in [0.15, 0.2) is 24.3 Å². The van der Waals surface area contributed by atoms with Gasteiger partial charge >= 0.3 is 0 Å². The summed E-state index contributed by atoms with van der Waals surface area (Å²) < 4.78 is 5.50. The van der Waals surface area contributed by atoms with Crippen LogP contribution < -0.4 is 10.2 Å². The molecule has 5 nitrogen and oxygen atoms in total. The van der Waals surface area contributed by atoms with Crippen molar-refractivity contribution in [2.24, 2.45) is 5.92 Å². The fourth-order valence-corrected chi connectivity index (χ4v) is 3.02. The molecule has 0 bridgehead atoms. The Bertz CT molecular complexity index is 550. The number of hydrogen-bond donors (Lipinski definition) is 1. The van der Waals surface area contributed by atoms with Gasteiger partial charge in [0.15, 0.2) is 0 Å². The van der Waals surface area contributed by atoms with Gasteiger partial charge < -0.3 is 15.0 Å². The van der Waals surface area contributed by atoms with Gasteiger partial charge in [0, 0.05) is 31.8 Å². The van der Waals surface area contributed by atoms with E-state index >= 15 is 0 Å². The van der Waals surface area contributed by atoms with E-state index in [2.05, 4.69) is 5.32 Å². The molecule has 2 fully saturated rings. The van der Waals surface area contributed by atoms with Crippen molar-refractivity contribution in [2.75, 3.05) is 24.6 Å². The van der Waals surface area contributed by atoms with Crippen molar-refractivity contribution in [2.45, 2.75) is 32.3 Å². The van der Waals surface area contributed by atoms with Crippen LogP contribution in [-0.4, -0.2) is 37.6 Å². The Morgan fingerprint density at radius 1 is 1.36 bits per heavy atom. The van der Waals surface area contributed by atoms with E-state index in [1.54, 1.807) is 4.90 Å². The lowest BCUT2D eigenvalue weighted by molar-refractivity contribution is -0.126. The highest BCUT2D eigenvalue weighted by atomic mass is 16.5. The summed E-state index contributed by atoms with van der Waals surface area (Å²) in [6.45, 7) is 3.80. The van der Waals surface area contributed by atoms with Crippen molar-refractivity contribution in [1.82, 2.24) is 5.32 Å². The molecule has 5 heteroatoms. The zero-order chi connectivity index (χ0) is 15.5. The van der Waals surface area contributed by atoms with E-state index in [4.69, 9.17) is 4.74 Å². The molecular weight excluding hydrogens is 280 g/mol. The second-order valence-corrected chi connectivity index (χ2v) is 6.12. The van der Waals surface area contributed by atoms with Crippen LogP contribution in [0.1, 0.15) is 24.8 Å². The van der Waals surface area contributed by atoms with Crippen LogP contribution in [0.25, 0.3) is 0 Å². The number of anilines is 1. The normalized spacial score (nSPS) is 24.8. The highest BCUT2D eigenvalue weighted by molar-refractivity contribution is 6.00. The predicted octanol–water partition coefficient (Wildman–Crippen LogP) is 1.64. The Morgan fingerprint density at radius 3 is 2.82 bits per heavy atom. The number of rotatable bonds is 4. The van der Waals surface area contributed by atoms with Crippen LogP contribution in [0.2, 0.25) is 0 Å². The Balaban J connectivity index is 1.56. The Hall–Kier alpha value is -1.88. The first-order valence-electron chi connectivity index (χ1n) is 7.90. The number of carbonyl (C=O) groups is 2. The van der Waals surface area contributed by atoms with Crippen molar-refractivity contribution < 1.29 is 14.3 Å². The van der Waals surface area contributed by atoms with Crippen molar-refractivity contribution in [1.29, 1.82) is 0 Å². The van der Waals surface area contributed by atoms with Crippen LogP contribution in [0.3, 0.4) is 0 Å². The van der Waals surface area contributed by atoms with Crippen molar-refractivity contribution in [3.63, 3.8) is 0 Å². The quantitative estimate of drug-likeness (QED) is 0.920. The monoisotopic (exact) mass is 302 g/mol. The SMILES string of the molecule is Cc1ccc(N2C[C@H](C(=O)NC[C@H]3CCCO3)CC2=O)cc1. The summed E-state index contributed by atoms with van der Waals surface area (Å²) in [5.74, 6) is -0.296. The van der Waals surface area contributed by atoms with Crippen LogP contribution in [0, 0.1) is 12.8 Å². The summed E-state index contributed by atoms with van der Waals surface area (Å²) in [5, 5.41) is 2.93. The van der Waals surface area contributed by atoms with Gasteiger partial charge in [-0.25, -0.2) is 0 Å². The smallest absolute Gasteiger partial charge is 0.227 e. The maximum Gasteiger partial charge on any atom is 0.227 e. The molecule has 0 spiro atoms. The summed E-state index contributed by atoms with van der Waals surface area (Å²) in [7, 11) is 0. The number of hydrogen-bond acceptors (Lipinski definition) is 3. The fraction of sp³-hybridized carbons (Fsp3) is 0.529. The molecule has 0 unspecified atom stereocenters. The summed E-state index contributed by atoms with van der Waals surface area (Å²) in [4.78, 5) is 26.1. The summed E-state index contributed by atoms with van der Waals surface area (Å²) >= 11 is 0. The lowest BCUT2D eigenvalue weighted by atomic mass is 10.1. The standard InChI is InChI=1S/C17H22N2O3/c1-12-4-6-14(7-5-12)19-11-13(9-16(19)20)17(21)18-10-15-3-2-8-22-15/h4-7,13,15H,2-3,8-11H2,1H3,(H,18,21)/t13-,15-/m1/s1. The number of nitrogens with zero attached hydrogens (tertiary/aromatic N) is 1. The van der Waals surface area contributed by atoms with E-state index in [9.17, 15) is 9.59 Å². The van der Waals surface area contributed by atoms with Gasteiger partial charge in [-0.15, -0.1) is 0 Å². The molecule has 0 aliphatic carbocycles. The number of nitrogens with one attached hydrogen (secondary N) is 1. The van der Waals surface area contributed by atoms with Gasteiger partial charge in [0.25, 0.3) is 0 Å². The fourth-order valence-electron chi connectivity index (χ4n) is 3.02. The third kappa shape index (κ3) is 3.30. The van der Waals surface area contributed by atoms with Crippen LogP contribution >= 0.6 is 0 Å². The molecule has 1 aromatic carbocycles. The average Bonchev–Trinajstić information content (AvgIpc) is 3.15. The van der Waals surface area contributed by atoms with E-state index in [-0.39, 0.29) is 30.3 Å². The number of aryl methyl sites for hydroxylation is 1. The third-order valence-corrected chi connectivity index (χ3v) is 4.37. The molecule has 22 heavy (non-hydrogen) atoms. The molecule has 118 valence electrons. The van der Waals surface area contributed by atoms with Crippen molar-refractivity contribution in [3.8, 4) is 0 Å². The molecule has 2 heterocycles. The van der Waals surface area contributed by atoms with Gasteiger partial charge in [-0.2, -0.15) is 0 Å². The molecule has 0 radical (unpaired) electrons. The maximum atomic E-state index is 12.2. The second kappa shape index (κ2) is 6.48. The molecule has 1 aromatic rings. The summed E-state index contributed by atoms with van der Waals surface area (Å²) in [6.07, 6.45) is 2.48. The zero-order valence-electron chi connectivity index (χ0n) is 12.9. The lowest BCUT2D eigenvalue weighted by Crippen LogP contribution is -2.37. The average molecular weight is 302 g/mol. The molecule has 0 saturated carbocycles. The first kappa shape index (κ1) is 15.0. The van der Waals surface area contributed by atoms with Crippen LogP contribution in [0.5, 0.6) is 0 Å². The Morgan fingerprint density at radius 2 is 2.14 bits per heavy atom. The molecule has 3 rings (SSSR count). The van der Waals surface area contributed by atoms with Gasteiger partial charge in [0.1, 0.15) is 0 Å². The van der Waals surface area contributed by atoms with Crippen LogP contribution in [0.4, 0.5) is 5.69 Å². The number of ether oxygens (including phenoxy) is 1. The van der Waals surface area contributed by atoms with Crippen molar-refractivity contribution in [3.05, 3.63) is 29.8 Å². The highest BCUT2D eigenvalue weighted by Crippen LogP contribution is 2.25. The topological polar surface area (TPSA) is 58.6 Å². The summed E-state index contributed by atoms with van der Waals surface area (Å²) in [6, 6.07) is 7.82. The van der Waals surface area contributed by atoms with Gasteiger partial charge in [-0.1, -0.05) is 17.7 Å². The van der Waals surface area contributed by atoms with E-state index < -0.39 is 0 Å². The second-order valence-electron chi connectivity index (χ2n) is 6.12. The van der Waals surface area contributed by atoms with E-state index in [1.807, 2.05) is 31.2 Å². The van der Waals surface area contributed by atoms with E-state index in [1.165, 1.54) is 0 Å².